The van der Waals surface area contributed by atoms with Crippen LogP contribution in [0.4, 0.5) is 0 Å². The number of methoxy groups -OCH3 is 1. The highest BCUT2D eigenvalue weighted by atomic mass is 16.5. The molecule has 2 aromatic carbocycles. The lowest BCUT2D eigenvalue weighted by Crippen LogP contribution is -2.41. The molecule has 2 rings (SSSR count). The first-order chi connectivity index (χ1) is 14.4. The second-order valence-corrected chi connectivity index (χ2v) is 6.74. The van der Waals surface area contributed by atoms with Gasteiger partial charge in [0.1, 0.15) is 5.75 Å². The smallest absolute Gasteiger partial charge is 0.253 e. The van der Waals surface area contributed by atoms with E-state index >= 15 is 0 Å². The first kappa shape index (κ1) is 22.7. The maximum atomic E-state index is 12.2. The summed E-state index contributed by atoms with van der Waals surface area (Å²) in [4.78, 5) is 29.8. The predicted molar refractivity (Wildman–Crippen MR) is 118 cm³/mol. The largest absolute Gasteiger partial charge is 0.497 e. The molecule has 0 heterocycles. The third-order valence-electron chi connectivity index (χ3n) is 4.33. The summed E-state index contributed by atoms with van der Waals surface area (Å²) in [5, 5.41) is 9.21. The number of nitrogens with one attached hydrogen (secondary N) is 3. The average molecular weight is 412 g/mol. The highest BCUT2D eigenvalue weighted by Crippen LogP contribution is 2.12. The van der Waals surface area contributed by atoms with E-state index in [4.69, 9.17) is 4.74 Å². The van der Waals surface area contributed by atoms with Crippen molar-refractivity contribution in [1.29, 1.82) is 0 Å². The lowest BCUT2D eigenvalue weighted by Gasteiger charge is -2.13. The molecular formula is C22H29N5O3. The van der Waals surface area contributed by atoms with Crippen LogP contribution in [0.3, 0.4) is 0 Å². The molecule has 0 saturated heterocycles. The minimum Gasteiger partial charge on any atom is -0.497 e. The fraction of sp³-hybridized carbons (Fsp3) is 0.318. The van der Waals surface area contributed by atoms with Crippen molar-refractivity contribution < 1.29 is 14.3 Å². The van der Waals surface area contributed by atoms with E-state index < -0.39 is 0 Å². The Morgan fingerprint density at radius 3 is 2.30 bits per heavy atom. The van der Waals surface area contributed by atoms with E-state index in [1.807, 2.05) is 24.3 Å². The monoisotopic (exact) mass is 411 g/mol. The topological polar surface area (TPSA) is 95.1 Å². The molecule has 0 radical (unpaired) electrons. The molecule has 3 N–H and O–H groups in total. The zero-order valence-corrected chi connectivity index (χ0v) is 17.9. The van der Waals surface area contributed by atoms with E-state index in [9.17, 15) is 9.59 Å². The Kier molecular flexibility index (Phi) is 8.68. The van der Waals surface area contributed by atoms with Crippen molar-refractivity contribution in [3.05, 3.63) is 65.2 Å². The van der Waals surface area contributed by atoms with Crippen LogP contribution >= 0.6 is 0 Å². The molecule has 0 aliphatic carbocycles. The SMILES string of the molecule is CN=C(NCCNC(=O)c1cccc(OC)c1)NCc1ccc(C(=O)N(C)C)cc1. The number of carbonyl (C=O) groups is 2. The zero-order chi connectivity index (χ0) is 21.9. The van der Waals surface area contributed by atoms with Crippen molar-refractivity contribution in [1.82, 2.24) is 20.9 Å². The number of hydrogen-bond donors (Lipinski definition) is 3. The highest BCUT2D eigenvalue weighted by Gasteiger charge is 2.08. The van der Waals surface area contributed by atoms with E-state index in [0.29, 0.717) is 42.5 Å². The predicted octanol–water partition coefficient (Wildman–Crippen LogP) is 1.49. The quantitative estimate of drug-likeness (QED) is 0.348. The van der Waals surface area contributed by atoms with Gasteiger partial charge >= 0.3 is 0 Å². The first-order valence-electron chi connectivity index (χ1n) is 9.62. The summed E-state index contributed by atoms with van der Waals surface area (Å²) in [6.07, 6.45) is 0. The van der Waals surface area contributed by atoms with Crippen LogP contribution in [0.15, 0.2) is 53.5 Å². The molecule has 0 bridgehead atoms. The number of aliphatic imine (C=N–C) groups is 1. The molecule has 0 atom stereocenters. The summed E-state index contributed by atoms with van der Waals surface area (Å²) in [5.41, 5.74) is 2.23. The number of rotatable bonds is 8. The lowest BCUT2D eigenvalue weighted by atomic mass is 10.1. The van der Waals surface area contributed by atoms with Gasteiger partial charge < -0.3 is 25.6 Å². The van der Waals surface area contributed by atoms with Crippen LogP contribution in [0.2, 0.25) is 0 Å². The minimum atomic E-state index is -0.161. The zero-order valence-electron chi connectivity index (χ0n) is 17.9. The van der Waals surface area contributed by atoms with Crippen molar-refractivity contribution in [2.45, 2.75) is 6.54 Å². The third kappa shape index (κ3) is 6.80. The Morgan fingerprint density at radius 2 is 1.67 bits per heavy atom. The second-order valence-electron chi connectivity index (χ2n) is 6.74. The van der Waals surface area contributed by atoms with Crippen molar-refractivity contribution >= 4 is 17.8 Å². The molecular weight excluding hydrogens is 382 g/mol. The van der Waals surface area contributed by atoms with Crippen LogP contribution < -0.4 is 20.7 Å². The van der Waals surface area contributed by atoms with Crippen LogP contribution in [0.5, 0.6) is 5.75 Å². The van der Waals surface area contributed by atoms with E-state index in [-0.39, 0.29) is 11.8 Å². The normalized spacial score (nSPS) is 10.9. The van der Waals surface area contributed by atoms with Crippen LogP contribution in [-0.4, -0.2) is 64.0 Å². The van der Waals surface area contributed by atoms with E-state index in [1.54, 1.807) is 57.4 Å². The maximum absolute atomic E-state index is 12.2. The van der Waals surface area contributed by atoms with Gasteiger partial charge in [0.25, 0.3) is 11.8 Å². The Labute approximate surface area is 177 Å². The number of benzene rings is 2. The summed E-state index contributed by atoms with van der Waals surface area (Å²) in [7, 11) is 6.71. The van der Waals surface area contributed by atoms with Crippen LogP contribution in [-0.2, 0) is 6.54 Å². The summed E-state index contributed by atoms with van der Waals surface area (Å²) in [6, 6.07) is 14.4. The molecule has 0 aliphatic heterocycles. The van der Waals surface area contributed by atoms with Gasteiger partial charge in [0.05, 0.1) is 7.11 Å². The standard InChI is InChI=1S/C22H29N5O3/c1-23-22(26-15-16-8-10-17(11-9-16)21(29)27(2)3)25-13-12-24-20(28)18-6-5-7-19(14-18)30-4/h5-11,14H,12-13,15H2,1-4H3,(H,24,28)(H2,23,25,26). The van der Waals surface area contributed by atoms with Gasteiger partial charge in [-0.1, -0.05) is 18.2 Å². The molecule has 160 valence electrons. The molecule has 0 fully saturated rings. The van der Waals surface area contributed by atoms with Gasteiger partial charge in [0.2, 0.25) is 0 Å². The number of guanidine groups is 1. The van der Waals surface area contributed by atoms with Crippen LogP contribution in [0.1, 0.15) is 26.3 Å². The molecule has 8 heteroatoms. The number of amides is 2. The van der Waals surface area contributed by atoms with Gasteiger partial charge in [0.15, 0.2) is 5.96 Å². The molecule has 2 amide bonds. The van der Waals surface area contributed by atoms with Crippen molar-refractivity contribution in [2.75, 3.05) is 41.3 Å². The Balaban J connectivity index is 1.74. The number of ether oxygens (including phenoxy) is 1. The van der Waals surface area contributed by atoms with E-state index in [0.717, 1.165) is 5.56 Å². The van der Waals surface area contributed by atoms with Gasteiger partial charge in [-0.2, -0.15) is 0 Å². The molecule has 8 nitrogen and oxygen atoms in total. The Bertz CT molecular complexity index is 879. The van der Waals surface area contributed by atoms with Gasteiger partial charge in [-0.25, -0.2) is 0 Å². The Hall–Kier alpha value is -3.55. The molecule has 2 aromatic rings. The van der Waals surface area contributed by atoms with Gasteiger partial charge in [-0.15, -0.1) is 0 Å². The van der Waals surface area contributed by atoms with Gasteiger partial charge in [0, 0.05) is 51.9 Å². The molecule has 0 unspecified atom stereocenters. The fourth-order valence-corrected chi connectivity index (χ4v) is 2.65. The number of nitrogens with zero attached hydrogens (tertiary/aromatic N) is 2. The summed E-state index contributed by atoms with van der Waals surface area (Å²) >= 11 is 0. The Morgan fingerprint density at radius 1 is 0.967 bits per heavy atom. The molecule has 0 spiro atoms. The van der Waals surface area contributed by atoms with Gasteiger partial charge in [-0.3, -0.25) is 14.6 Å². The fourth-order valence-electron chi connectivity index (χ4n) is 2.65. The van der Waals surface area contributed by atoms with E-state index in [1.165, 1.54) is 0 Å². The third-order valence-corrected chi connectivity index (χ3v) is 4.33. The molecule has 30 heavy (non-hydrogen) atoms. The number of hydrogen-bond acceptors (Lipinski definition) is 4. The first-order valence-corrected chi connectivity index (χ1v) is 9.62. The second kappa shape index (κ2) is 11.5. The van der Waals surface area contributed by atoms with Crippen LogP contribution in [0, 0.1) is 0 Å². The molecule has 0 aromatic heterocycles. The highest BCUT2D eigenvalue weighted by molar-refractivity contribution is 5.94. The maximum Gasteiger partial charge on any atom is 0.253 e. The minimum absolute atomic E-state index is 0.0250. The van der Waals surface area contributed by atoms with Crippen LogP contribution in [0.25, 0.3) is 0 Å². The summed E-state index contributed by atoms with van der Waals surface area (Å²) < 4.78 is 5.13. The lowest BCUT2D eigenvalue weighted by molar-refractivity contribution is 0.0827. The summed E-state index contributed by atoms with van der Waals surface area (Å²) in [5.74, 6) is 1.08. The van der Waals surface area contributed by atoms with Gasteiger partial charge in [-0.05, 0) is 35.9 Å². The van der Waals surface area contributed by atoms with Crippen molar-refractivity contribution in [3.63, 3.8) is 0 Å². The van der Waals surface area contributed by atoms with E-state index in [2.05, 4.69) is 20.9 Å². The van der Waals surface area contributed by atoms with Crippen molar-refractivity contribution in [3.8, 4) is 5.75 Å². The molecule has 0 aliphatic rings. The summed E-state index contributed by atoms with van der Waals surface area (Å²) in [6.45, 7) is 1.52. The average Bonchev–Trinajstić information content (AvgIpc) is 2.78. The number of carbonyl (C=O) groups excluding carboxylic acids is 2. The van der Waals surface area contributed by atoms with Crippen molar-refractivity contribution in [2.24, 2.45) is 4.99 Å². The molecule has 0 saturated carbocycles.